The lowest BCUT2D eigenvalue weighted by Crippen LogP contribution is -2.50. The van der Waals surface area contributed by atoms with Crippen LogP contribution in [-0.2, 0) is 32.6 Å². The molecule has 2 amide bonds. The van der Waals surface area contributed by atoms with E-state index in [2.05, 4.69) is 5.32 Å². The molecule has 8 nitrogen and oxygen atoms in total. The number of halogens is 2. The molecule has 0 unspecified atom stereocenters. The molecule has 3 aromatic carbocycles. The molecule has 226 valence electrons. The zero-order chi connectivity index (χ0) is 30.7. The maximum Gasteiger partial charge on any atom is 0.243 e. The molecule has 0 aromatic heterocycles. The molecule has 3 rings (SSSR count). The average Bonchev–Trinajstić information content (AvgIpc) is 2.97. The van der Waals surface area contributed by atoms with Crippen LogP contribution in [0.4, 0.5) is 5.69 Å². The summed E-state index contributed by atoms with van der Waals surface area (Å²) in [5, 5.41) is 3.67. The number of carbonyl (C=O) groups excluding carboxylic acids is 2. The quantitative estimate of drug-likeness (QED) is 0.231. The fourth-order valence-electron chi connectivity index (χ4n) is 4.52. The summed E-state index contributed by atoms with van der Waals surface area (Å²) in [7, 11) is -2.13. The largest absolute Gasteiger partial charge is 0.497 e. The number of hydrogen-bond acceptors (Lipinski definition) is 5. The third-order valence-corrected chi connectivity index (χ3v) is 8.58. The maximum absolute atomic E-state index is 13.9. The van der Waals surface area contributed by atoms with E-state index in [1.54, 1.807) is 47.4 Å². The SMILES string of the molecule is CCCNC(=O)[C@H](Cc1ccccc1)N(Cc1ccc(Cl)c(Cl)c1)C(=O)CCCN(c1cccc(OC)c1)S(C)(=O)=O. The molecule has 0 aliphatic rings. The Kier molecular flexibility index (Phi) is 12.5. The number of ether oxygens (including phenoxy) is 1. The Morgan fingerprint density at radius 1 is 0.952 bits per heavy atom. The van der Waals surface area contributed by atoms with Gasteiger partial charge in [-0.3, -0.25) is 13.9 Å². The minimum atomic E-state index is -3.64. The van der Waals surface area contributed by atoms with Crippen LogP contribution in [-0.4, -0.2) is 57.6 Å². The van der Waals surface area contributed by atoms with Crippen LogP contribution >= 0.6 is 23.2 Å². The molecule has 0 saturated heterocycles. The van der Waals surface area contributed by atoms with Crippen molar-refractivity contribution in [3.05, 3.63) is 94.0 Å². The van der Waals surface area contributed by atoms with Crippen LogP contribution < -0.4 is 14.4 Å². The second-order valence-electron chi connectivity index (χ2n) is 9.91. The Bertz CT molecular complexity index is 1450. The minimum absolute atomic E-state index is 0.0175. The van der Waals surface area contributed by atoms with Gasteiger partial charge in [0.05, 0.1) is 29.1 Å². The first kappa shape index (κ1) is 33.2. The Morgan fingerprint density at radius 3 is 2.33 bits per heavy atom. The molecule has 0 heterocycles. The summed E-state index contributed by atoms with van der Waals surface area (Å²) < 4.78 is 31.8. The number of rotatable bonds is 15. The van der Waals surface area contributed by atoms with Gasteiger partial charge in [-0.2, -0.15) is 0 Å². The van der Waals surface area contributed by atoms with Crippen molar-refractivity contribution < 1.29 is 22.7 Å². The zero-order valence-corrected chi connectivity index (χ0v) is 26.4. The van der Waals surface area contributed by atoms with Gasteiger partial charge < -0.3 is 15.0 Å². The third-order valence-electron chi connectivity index (χ3n) is 6.65. The van der Waals surface area contributed by atoms with Crippen LogP contribution in [0.3, 0.4) is 0 Å². The summed E-state index contributed by atoms with van der Waals surface area (Å²) in [5.41, 5.74) is 2.06. The first-order valence-electron chi connectivity index (χ1n) is 13.7. The lowest BCUT2D eigenvalue weighted by Gasteiger charge is -2.32. The van der Waals surface area contributed by atoms with Crippen LogP contribution in [0.1, 0.15) is 37.3 Å². The lowest BCUT2D eigenvalue weighted by atomic mass is 10.0. The standard InChI is InChI=1S/C31H37Cl2N3O5S/c1-4-17-34-31(38)29(20-23-10-6-5-7-11-23)35(22-24-15-16-27(32)28(33)19-24)30(37)14-9-18-36(42(3,39)40)25-12-8-13-26(21-25)41-2/h5-8,10-13,15-16,19,21,29H,4,9,14,17-18,20,22H2,1-3H3,(H,34,38)/t29-/m0/s1. The van der Waals surface area contributed by atoms with Gasteiger partial charge in [0.25, 0.3) is 0 Å². The maximum atomic E-state index is 13.9. The number of benzene rings is 3. The minimum Gasteiger partial charge on any atom is -0.497 e. The summed E-state index contributed by atoms with van der Waals surface area (Å²) in [5.74, 6) is -0.0251. The highest BCUT2D eigenvalue weighted by Gasteiger charge is 2.30. The van der Waals surface area contributed by atoms with Gasteiger partial charge in [-0.15, -0.1) is 0 Å². The molecule has 0 aliphatic heterocycles. The number of anilines is 1. The van der Waals surface area contributed by atoms with Gasteiger partial charge in [0.15, 0.2) is 0 Å². The number of carbonyl (C=O) groups is 2. The number of methoxy groups -OCH3 is 1. The third kappa shape index (κ3) is 9.64. The fraction of sp³-hybridized carbons (Fsp3) is 0.355. The molecule has 0 spiro atoms. The predicted molar refractivity (Wildman–Crippen MR) is 169 cm³/mol. The highest BCUT2D eigenvalue weighted by molar-refractivity contribution is 7.92. The summed E-state index contributed by atoms with van der Waals surface area (Å²) >= 11 is 12.4. The summed E-state index contributed by atoms with van der Waals surface area (Å²) in [4.78, 5) is 28.9. The molecular formula is C31H37Cl2N3O5S. The first-order valence-corrected chi connectivity index (χ1v) is 16.3. The molecule has 0 saturated carbocycles. The van der Waals surface area contributed by atoms with E-state index in [4.69, 9.17) is 27.9 Å². The second kappa shape index (κ2) is 15.8. The van der Waals surface area contributed by atoms with Crippen molar-refractivity contribution in [1.82, 2.24) is 10.2 Å². The molecule has 0 fully saturated rings. The van der Waals surface area contributed by atoms with Crippen molar-refractivity contribution in [1.29, 1.82) is 0 Å². The number of amides is 2. The van der Waals surface area contributed by atoms with E-state index >= 15 is 0 Å². The van der Waals surface area contributed by atoms with Gasteiger partial charge >= 0.3 is 0 Å². The van der Waals surface area contributed by atoms with Gasteiger partial charge in [0, 0.05) is 38.5 Å². The smallest absolute Gasteiger partial charge is 0.243 e. The summed E-state index contributed by atoms with van der Waals surface area (Å²) in [6, 6.07) is 20.6. The van der Waals surface area contributed by atoms with Crippen LogP contribution in [0.25, 0.3) is 0 Å². The van der Waals surface area contributed by atoms with Crippen LogP contribution in [0.5, 0.6) is 5.75 Å². The monoisotopic (exact) mass is 633 g/mol. The van der Waals surface area contributed by atoms with E-state index in [0.29, 0.717) is 40.0 Å². The van der Waals surface area contributed by atoms with Gasteiger partial charge in [-0.1, -0.05) is 72.6 Å². The van der Waals surface area contributed by atoms with Crippen molar-refractivity contribution in [2.75, 3.05) is 30.8 Å². The van der Waals surface area contributed by atoms with Crippen molar-refractivity contribution in [3.63, 3.8) is 0 Å². The highest BCUT2D eigenvalue weighted by Crippen LogP contribution is 2.26. The molecule has 1 N–H and O–H groups in total. The van der Waals surface area contributed by atoms with Crippen LogP contribution in [0.15, 0.2) is 72.8 Å². The first-order chi connectivity index (χ1) is 20.0. The van der Waals surface area contributed by atoms with Gasteiger partial charge in [0.1, 0.15) is 11.8 Å². The predicted octanol–water partition coefficient (Wildman–Crippen LogP) is 5.71. The van der Waals surface area contributed by atoms with Crippen molar-refractivity contribution in [2.45, 2.75) is 45.2 Å². The molecule has 3 aromatic rings. The Morgan fingerprint density at radius 2 is 1.69 bits per heavy atom. The van der Waals surface area contributed by atoms with E-state index in [-0.39, 0.29) is 37.7 Å². The number of hydrogen-bond donors (Lipinski definition) is 1. The van der Waals surface area contributed by atoms with Crippen molar-refractivity contribution in [2.24, 2.45) is 0 Å². The van der Waals surface area contributed by atoms with Crippen LogP contribution in [0, 0.1) is 0 Å². The number of nitrogens with one attached hydrogen (secondary N) is 1. The molecule has 1 atom stereocenters. The van der Waals surface area contributed by atoms with Crippen LogP contribution in [0.2, 0.25) is 10.0 Å². The fourth-order valence-corrected chi connectivity index (χ4v) is 5.80. The van der Waals surface area contributed by atoms with E-state index in [1.807, 2.05) is 37.3 Å². The Balaban J connectivity index is 1.89. The Labute approximate surface area is 258 Å². The number of sulfonamides is 1. The highest BCUT2D eigenvalue weighted by atomic mass is 35.5. The molecule has 0 aliphatic carbocycles. The molecule has 11 heteroatoms. The van der Waals surface area contributed by atoms with Gasteiger partial charge in [0.2, 0.25) is 21.8 Å². The van der Waals surface area contributed by atoms with Crippen molar-refractivity contribution in [3.8, 4) is 5.75 Å². The summed E-state index contributed by atoms with van der Waals surface area (Å²) in [6.07, 6.45) is 2.43. The molecular weight excluding hydrogens is 597 g/mol. The number of nitrogens with zero attached hydrogens (tertiary/aromatic N) is 2. The van der Waals surface area contributed by atoms with E-state index in [0.717, 1.165) is 18.2 Å². The van der Waals surface area contributed by atoms with E-state index in [9.17, 15) is 18.0 Å². The van der Waals surface area contributed by atoms with E-state index < -0.39 is 16.1 Å². The molecule has 0 bridgehead atoms. The Hall–Kier alpha value is -3.27. The van der Waals surface area contributed by atoms with Crippen molar-refractivity contribution >= 4 is 50.7 Å². The molecule has 42 heavy (non-hydrogen) atoms. The zero-order valence-electron chi connectivity index (χ0n) is 24.1. The summed E-state index contributed by atoms with van der Waals surface area (Å²) in [6.45, 7) is 2.63. The van der Waals surface area contributed by atoms with Gasteiger partial charge in [-0.25, -0.2) is 8.42 Å². The second-order valence-corrected chi connectivity index (χ2v) is 12.6. The topological polar surface area (TPSA) is 96.0 Å². The normalized spacial score (nSPS) is 11.9. The van der Waals surface area contributed by atoms with E-state index in [1.165, 1.54) is 11.4 Å². The lowest BCUT2D eigenvalue weighted by molar-refractivity contribution is -0.141. The van der Waals surface area contributed by atoms with Gasteiger partial charge in [-0.05, 0) is 48.2 Å². The average molecular weight is 635 g/mol. The molecule has 0 radical (unpaired) electrons.